The number of aliphatic hydroxyl groups is 2. The maximum Gasteiger partial charge on any atom is 0.472 e. The summed E-state index contributed by atoms with van der Waals surface area (Å²) >= 11 is 0. The molecular formula is C22H27N9O13P2. The summed E-state index contributed by atoms with van der Waals surface area (Å²) in [6.07, 6.45) is -8.21. The van der Waals surface area contributed by atoms with Gasteiger partial charge in [-0.05, 0) is 6.42 Å². The molecule has 2 bridgehead atoms. The molecule has 248 valence electrons. The van der Waals surface area contributed by atoms with Gasteiger partial charge < -0.3 is 35.2 Å². The van der Waals surface area contributed by atoms with E-state index in [9.17, 15) is 33.9 Å². The maximum absolute atomic E-state index is 13.2. The van der Waals surface area contributed by atoms with Gasteiger partial charge in [0.25, 0.3) is 5.56 Å². The highest BCUT2D eigenvalue weighted by molar-refractivity contribution is 7.47. The van der Waals surface area contributed by atoms with Crippen molar-refractivity contribution in [1.82, 2.24) is 39.0 Å². The van der Waals surface area contributed by atoms with Crippen molar-refractivity contribution >= 4 is 43.9 Å². The Balaban J connectivity index is 1.20. The van der Waals surface area contributed by atoms with Gasteiger partial charge in [0.1, 0.15) is 48.5 Å². The molecule has 4 aromatic rings. The fraction of sp³-hybridized carbons (Fsp3) is 0.545. The van der Waals surface area contributed by atoms with Gasteiger partial charge in [-0.1, -0.05) is 6.92 Å². The van der Waals surface area contributed by atoms with Gasteiger partial charge in [0.2, 0.25) is 5.95 Å². The van der Waals surface area contributed by atoms with Crippen molar-refractivity contribution in [3.8, 4) is 0 Å². The number of aromatic amines is 1. The Morgan fingerprint density at radius 2 is 1.52 bits per heavy atom. The van der Waals surface area contributed by atoms with Gasteiger partial charge in [-0.15, -0.1) is 0 Å². The monoisotopic (exact) mass is 687 g/mol. The normalized spacial score (nSPS) is 37.2. The number of H-pyrrole nitrogens is 1. The molecule has 3 aliphatic heterocycles. The fourth-order valence-electron chi connectivity index (χ4n) is 5.59. The van der Waals surface area contributed by atoms with Gasteiger partial charge >= 0.3 is 15.6 Å². The highest BCUT2D eigenvalue weighted by Gasteiger charge is 2.54. The van der Waals surface area contributed by atoms with E-state index < -0.39 is 83.5 Å². The maximum atomic E-state index is 13.2. The molecule has 0 radical (unpaired) electrons. The Hall–Kier alpha value is -3.24. The van der Waals surface area contributed by atoms with Crippen LogP contribution in [0.15, 0.2) is 23.8 Å². The Morgan fingerprint density at radius 1 is 0.891 bits per heavy atom. The average molecular weight is 687 g/mol. The molecule has 3 aliphatic rings. The van der Waals surface area contributed by atoms with Crippen molar-refractivity contribution in [1.29, 1.82) is 0 Å². The Kier molecular flexibility index (Phi) is 7.82. The molecular weight excluding hydrogens is 660 g/mol. The second-order valence-corrected chi connectivity index (χ2v) is 13.4. The number of nitrogens with two attached hydrogens (primary N) is 1. The van der Waals surface area contributed by atoms with E-state index in [0.29, 0.717) is 17.6 Å². The number of hydrogen-bond acceptors (Lipinski definition) is 17. The van der Waals surface area contributed by atoms with E-state index >= 15 is 0 Å². The number of anilines is 1. The van der Waals surface area contributed by atoms with Gasteiger partial charge in [-0.2, -0.15) is 4.98 Å². The highest BCUT2D eigenvalue weighted by atomic mass is 31.2. The molecule has 0 amide bonds. The van der Waals surface area contributed by atoms with Crippen molar-refractivity contribution in [2.24, 2.45) is 0 Å². The molecule has 3 fully saturated rings. The van der Waals surface area contributed by atoms with Crippen LogP contribution < -0.4 is 11.3 Å². The molecule has 22 nitrogen and oxygen atoms in total. The standard InChI is InChI=1S/C22H27N9O13P2/c1-2-8-11-17(25-5-24-8)30(6-26-11)20-14(33)15-10(42-20)4-40-46(37,38)44-16-13(32)9(3-39-45(35,36)43-15)41-21(16)31-7-27-12-18(31)28-22(23)29-19(12)34/h5-7,9-10,13-16,20-21,32-33H,2-4H2,1H3,(H,35,36)(H,37,38)(H3,23,28,29,34)/t9-,10-,13-,14-,15-,16-,20-,21-/m1/s1. The minimum absolute atomic E-state index is 0.120. The van der Waals surface area contributed by atoms with E-state index in [1.807, 2.05) is 6.92 Å². The minimum Gasteiger partial charge on any atom is -0.387 e. The summed E-state index contributed by atoms with van der Waals surface area (Å²) < 4.78 is 61.5. The van der Waals surface area contributed by atoms with Crippen LogP contribution in [0.4, 0.5) is 5.95 Å². The lowest BCUT2D eigenvalue weighted by Gasteiger charge is -2.25. The van der Waals surface area contributed by atoms with Crippen LogP contribution >= 0.6 is 15.6 Å². The van der Waals surface area contributed by atoms with Crippen LogP contribution in [0.5, 0.6) is 0 Å². The van der Waals surface area contributed by atoms with Gasteiger partial charge in [-0.25, -0.2) is 29.1 Å². The van der Waals surface area contributed by atoms with E-state index in [-0.39, 0.29) is 22.8 Å². The number of aromatic nitrogens is 8. The number of rotatable bonds is 3. The van der Waals surface area contributed by atoms with E-state index in [1.54, 1.807) is 0 Å². The zero-order valence-electron chi connectivity index (χ0n) is 23.5. The number of hydrogen-bond donors (Lipinski definition) is 6. The molecule has 7 heterocycles. The molecule has 3 saturated heterocycles. The van der Waals surface area contributed by atoms with Crippen LogP contribution in [0.2, 0.25) is 0 Å². The fourth-order valence-corrected chi connectivity index (χ4v) is 7.48. The van der Waals surface area contributed by atoms with Crippen LogP contribution in [-0.4, -0.2) is 109 Å². The lowest BCUT2D eigenvalue weighted by Crippen LogP contribution is -2.36. The number of aryl methyl sites for hydroxylation is 1. The summed E-state index contributed by atoms with van der Waals surface area (Å²) in [5, 5.41) is 22.2. The van der Waals surface area contributed by atoms with E-state index in [4.69, 9.17) is 33.3 Å². The molecule has 4 aromatic heterocycles. The van der Waals surface area contributed by atoms with Crippen LogP contribution in [-0.2, 0) is 43.1 Å². The average Bonchev–Trinajstić information content (AvgIpc) is 3.76. The zero-order valence-corrected chi connectivity index (χ0v) is 25.3. The molecule has 0 aromatic carbocycles. The number of ether oxygens (including phenoxy) is 2. The van der Waals surface area contributed by atoms with Crippen LogP contribution in [0.1, 0.15) is 25.1 Å². The van der Waals surface area contributed by atoms with Gasteiger partial charge in [0.05, 0.1) is 31.6 Å². The molecule has 0 saturated carbocycles. The number of phosphoric acid groups is 2. The molecule has 2 unspecified atom stereocenters. The van der Waals surface area contributed by atoms with Crippen molar-refractivity contribution < 1.29 is 56.7 Å². The number of phosphoric ester groups is 2. The van der Waals surface area contributed by atoms with E-state index in [1.165, 1.54) is 17.2 Å². The van der Waals surface area contributed by atoms with E-state index in [0.717, 1.165) is 10.9 Å². The largest absolute Gasteiger partial charge is 0.472 e. The summed E-state index contributed by atoms with van der Waals surface area (Å²) in [5.41, 5.74) is 6.02. The summed E-state index contributed by atoms with van der Waals surface area (Å²) in [7, 11) is -10.2. The van der Waals surface area contributed by atoms with Gasteiger partial charge in [-0.3, -0.25) is 37.0 Å². The SMILES string of the molecule is CCc1ncnc2c1ncn2[C@@H]1O[C@@H]2COP(=O)(O)O[C@@H]3[C@H](O)[C@@H](COP(=O)(O)O[C@H]2[C@H]1O)O[C@H]3n1cnc2c(=O)[nH]c(N)nc21. The number of nitrogens with zero attached hydrogens (tertiary/aromatic N) is 7. The number of imidazole rings is 2. The Morgan fingerprint density at radius 3 is 2.24 bits per heavy atom. The molecule has 0 aliphatic carbocycles. The highest BCUT2D eigenvalue weighted by Crippen LogP contribution is 2.53. The second-order valence-electron chi connectivity index (χ2n) is 10.6. The molecule has 7 rings (SSSR count). The first kappa shape index (κ1) is 31.4. The van der Waals surface area contributed by atoms with Crippen molar-refractivity contribution in [3.05, 3.63) is 35.0 Å². The van der Waals surface area contributed by atoms with E-state index in [2.05, 4.69) is 29.9 Å². The van der Waals surface area contributed by atoms with Crippen LogP contribution in [0.25, 0.3) is 22.3 Å². The third-order valence-electron chi connectivity index (χ3n) is 7.70. The van der Waals surface area contributed by atoms with Crippen molar-refractivity contribution in [2.75, 3.05) is 18.9 Å². The van der Waals surface area contributed by atoms with Gasteiger partial charge in [0, 0.05) is 0 Å². The van der Waals surface area contributed by atoms with Gasteiger partial charge in [0.15, 0.2) is 29.3 Å². The number of nitrogens with one attached hydrogen (secondary N) is 1. The predicted octanol–water partition coefficient (Wildman–Crippen LogP) is -1.36. The number of aliphatic hydroxyl groups excluding tert-OH is 2. The smallest absolute Gasteiger partial charge is 0.387 e. The lowest BCUT2D eigenvalue weighted by atomic mass is 10.1. The Bertz CT molecular complexity index is 1950. The molecule has 10 atom stereocenters. The number of fused-ring (bicyclic) bond motifs is 5. The third-order valence-corrected chi connectivity index (χ3v) is 9.67. The quantitative estimate of drug-likeness (QED) is 0.135. The first-order valence-corrected chi connectivity index (χ1v) is 16.7. The van der Waals surface area contributed by atoms with Crippen molar-refractivity contribution in [2.45, 2.75) is 62.4 Å². The summed E-state index contributed by atoms with van der Waals surface area (Å²) in [5.74, 6) is -0.277. The lowest BCUT2D eigenvalue weighted by molar-refractivity contribution is -0.0672. The molecule has 7 N–H and O–H groups in total. The van der Waals surface area contributed by atoms with Crippen molar-refractivity contribution in [3.63, 3.8) is 0 Å². The van der Waals surface area contributed by atoms with Crippen LogP contribution in [0, 0.1) is 0 Å². The molecule has 0 spiro atoms. The number of nitrogen functional groups attached to an aromatic ring is 1. The zero-order chi connectivity index (χ0) is 32.5. The van der Waals surface area contributed by atoms with Crippen LogP contribution in [0.3, 0.4) is 0 Å². The summed E-state index contributed by atoms with van der Waals surface area (Å²) in [6.45, 7) is 0.254. The minimum atomic E-state index is -5.10. The Labute approximate surface area is 256 Å². The second kappa shape index (κ2) is 11.5. The molecule has 24 heteroatoms. The summed E-state index contributed by atoms with van der Waals surface area (Å²) in [4.78, 5) is 56.6. The predicted molar refractivity (Wildman–Crippen MR) is 148 cm³/mol. The molecule has 46 heavy (non-hydrogen) atoms. The topological polar surface area (TPSA) is 304 Å². The third kappa shape index (κ3) is 5.45. The summed E-state index contributed by atoms with van der Waals surface area (Å²) in [6, 6.07) is 0. The first-order valence-electron chi connectivity index (χ1n) is 13.7. The first-order chi connectivity index (χ1) is 21.9.